The fraction of sp³-hybridized carbons (Fsp3) is 0.533. The number of ether oxygens (including phenoxy) is 2. The van der Waals surface area contributed by atoms with Crippen LogP contribution in [-0.4, -0.2) is 42.5 Å². The summed E-state index contributed by atoms with van der Waals surface area (Å²) in [6, 6.07) is 15.0. The number of rotatable bonds is 10. The molecule has 0 spiro atoms. The zero-order chi connectivity index (χ0) is 26.1. The minimum atomic E-state index is -0.567. The Hall–Kier alpha value is -3.02. The number of benzene rings is 2. The van der Waals surface area contributed by atoms with E-state index < -0.39 is 6.04 Å². The molecule has 3 rings (SSSR count). The van der Waals surface area contributed by atoms with Crippen LogP contribution in [0.1, 0.15) is 77.3 Å². The van der Waals surface area contributed by atoms with Crippen LogP contribution in [0.2, 0.25) is 0 Å². The Labute approximate surface area is 216 Å². The van der Waals surface area contributed by atoms with Crippen LogP contribution in [0.15, 0.2) is 48.5 Å². The van der Waals surface area contributed by atoms with Gasteiger partial charge in [0.1, 0.15) is 17.5 Å². The van der Waals surface area contributed by atoms with E-state index in [1.54, 1.807) is 12.0 Å². The van der Waals surface area contributed by atoms with Gasteiger partial charge in [-0.05, 0) is 54.0 Å². The highest BCUT2D eigenvalue weighted by Crippen LogP contribution is 2.31. The first-order valence-electron chi connectivity index (χ1n) is 13.2. The summed E-state index contributed by atoms with van der Waals surface area (Å²) < 4.78 is 11.3. The van der Waals surface area contributed by atoms with Crippen molar-refractivity contribution in [3.8, 4) is 11.5 Å². The molecule has 0 bridgehead atoms. The third-order valence-electron chi connectivity index (χ3n) is 6.90. The topological polar surface area (TPSA) is 67.9 Å². The van der Waals surface area contributed by atoms with Crippen LogP contribution in [0.5, 0.6) is 11.5 Å². The molecule has 1 aliphatic carbocycles. The summed E-state index contributed by atoms with van der Waals surface area (Å²) in [4.78, 5) is 28.6. The van der Waals surface area contributed by atoms with Crippen molar-refractivity contribution < 1.29 is 19.1 Å². The molecule has 2 aromatic rings. The van der Waals surface area contributed by atoms with Gasteiger partial charge in [0.05, 0.1) is 7.11 Å². The molecule has 0 unspecified atom stereocenters. The van der Waals surface area contributed by atoms with Crippen molar-refractivity contribution in [2.45, 2.75) is 90.3 Å². The van der Waals surface area contributed by atoms with Crippen molar-refractivity contribution in [1.29, 1.82) is 0 Å². The maximum absolute atomic E-state index is 13.6. The van der Waals surface area contributed by atoms with Crippen molar-refractivity contribution in [2.75, 3.05) is 13.7 Å². The Morgan fingerprint density at radius 2 is 1.69 bits per heavy atom. The van der Waals surface area contributed by atoms with Crippen LogP contribution in [0.3, 0.4) is 0 Å². The molecule has 0 aromatic heterocycles. The highest BCUT2D eigenvalue weighted by atomic mass is 16.5. The summed E-state index contributed by atoms with van der Waals surface area (Å²) in [6.07, 6.45) is 6.02. The molecule has 36 heavy (non-hydrogen) atoms. The molecule has 1 atom stereocenters. The van der Waals surface area contributed by atoms with E-state index in [0.717, 1.165) is 42.6 Å². The molecule has 1 N–H and O–H groups in total. The standard InChI is InChI=1S/C30H42N2O4/c1-6-26(29(34)31-23-12-8-7-9-13-23)32(20-22-16-18-24(35-5)19-17-22)28(33)21-36-27-15-11-10-14-25(27)30(2,3)4/h10-11,14-19,23,26H,6-9,12-13,20-21H2,1-5H3,(H,31,34)/t26-/m0/s1. The first-order chi connectivity index (χ1) is 17.2. The van der Waals surface area contributed by atoms with Crippen LogP contribution in [0.25, 0.3) is 0 Å². The normalized spacial score (nSPS) is 15.1. The summed E-state index contributed by atoms with van der Waals surface area (Å²) in [6.45, 7) is 8.51. The SMILES string of the molecule is CC[C@@H](C(=O)NC1CCCCC1)N(Cc1ccc(OC)cc1)C(=O)COc1ccccc1C(C)(C)C. The lowest BCUT2D eigenvalue weighted by atomic mass is 9.86. The number of nitrogens with zero attached hydrogens (tertiary/aromatic N) is 1. The van der Waals surface area contributed by atoms with Crippen molar-refractivity contribution in [1.82, 2.24) is 10.2 Å². The zero-order valence-electron chi connectivity index (χ0n) is 22.5. The van der Waals surface area contributed by atoms with Crippen molar-refractivity contribution >= 4 is 11.8 Å². The van der Waals surface area contributed by atoms with E-state index in [1.165, 1.54) is 6.42 Å². The fourth-order valence-corrected chi connectivity index (χ4v) is 4.83. The van der Waals surface area contributed by atoms with Gasteiger partial charge in [-0.2, -0.15) is 0 Å². The minimum Gasteiger partial charge on any atom is -0.497 e. The highest BCUT2D eigenvalue weighted by molar-refractivity contribution is 5.88. The molecule has 0 radical (unpaired) electrons. The first kappa shape index (κ1) is 27.6. The minimum absolute atomic E-state index is 0.0821. The molecule has 6 nitrogen and oxygen atoms in total. The summed E-state index contributed by atoms with van der Waals surface area (Å²) in [5.74, 6) is 1.16. The predicted octanol–water partition coefficient (Wildman–Crippen LogP) is 5.63. The molecule has 6 heteroatoms. The van der Waals surface area contributed by atoms with Crippen LogP contribution < -0.4 is 14.8 Å². The van der Waals surface area contributed by atoms with Gasteiger partial charge in [-0.3, -0.25) is 9.59 Å². The van der Waals surface area contributed by atoms with Crippen molar-refractivity contribution in [3.05, 3.63) is 59.7 Å². The van der Waals surface area contributed by atoms with Crippen LogP contribution in [0, 0.1) is 0 Å². The second-order valence-corrected chi connectivity index (χ2v) is 10.7. The smallest absolute Gasteiger partial charge is 0.261 e. The maximum atomic E-state index is 13.6. The molecule has 2 amide bonds. The van der Waals surface area contributed by atoms with Gasteiger partial charge in [0.2, 0.25) is 5.91 Å². The van der Waals surface area contributed by atoms with Crippen LogP contribution in [0.4, 0.5) is 0 Å². The Kier molecular flexibility index (Phi) is 9.80. The molecule has 0 aliphatic heterocycles. The number of para-hydroxylation sites is 1. The summed E-state index contributed by atoms with van der Waals surface area (Å²) in [5.41, 5.74) is 1.86. The molecule has 1 aliphatic rings. The highest BCUT2D eigenvalue weighted by Gasteiger charge is 2.31. The lowest BCUT2D eigenvalue weighted by Gasteiger charge is -2.33. The lowest BCUT2D eigenvalue weighted by Crippen LogP contribution is -2.52. The second-order valence-electron chi connectivity index (χ2n) is 10.7. The van der Waals surface area contributed by atoms with Gasteiger partial charge in [-0.15, -0.1) is 0 Å². The largest absolute Gasteiger partial charge is 0.497 e. The number of carbonyl (C=O) groups excluding carboxylic acids is 2. The van der Waals surface area contributed by atoms with Gasteiger partial charge < -0.3 is 19.7 Å². The van der Waals surface area contributed by atoms with Gasteiger partial charge >= 0.3 is 0 Å². The molecular weight excluding hydrogens is 452 g/mol. The first-order valence-corrected chi connectivity index (χ1v) is 13.2. The quantitative estimate of drug-likeness (QED) is 0.465. The van der Waals surface area contributed by atoms with Gasteiger partial charge in [0.25, 0.3) is 5.91 Å². The van der Waals surface area contributed by atoms with Crippen LogP contribution in [-0.2, 0) is 21.5 Å². The molecule has 0 heterocycles. The monoisotopic (exact) mass is 494 g/mol. The predicted molar refractivity (Wildman–Crippen MR) is 143 cm³/mol. The summed E-state index contributed by atoms with van der Waals surface area (Å²) >= 11 is 0. The van der Waals surface area contributed by atoms with E-state index in [9.17, 15) is 9.59 Å². The van der Waals surface area contributed by atoms with E-state index in [-0.39, 0.29) is 29.9 Å². The van der Waals surface area contributed by atoms with E-state index in [4.69, 9.17) is 9.47 Å². The third kappa shape index (κ3) is 7.49. The Morgan fingerprint density at radius 1 is 1.03 bits per heavy atom. The van der Waals surface area contributed by atoms with Gasteiger partial charge in [-0.1, -0.05) is 77.3 Å². The average molecular weight is 495 g/mol. The third-order valence-corrected chi connectivity index (χ3v) is 6.90. The van der Waals surface area contributed by atoms with Crippen molar-refractivity contribution in [3.63, 3.8) is 0 Å². The van der Waals surface area contributed by atoms with E-state index in [1.807, 2.05) is 55.5 Å². The van der Waals surface area contributed by atoms with E-state index in [2.05, 4.69) is 26.1 Å². The van der Waals surface area contributed by atoms with Gasteiger partial charge in [0, 0.05) is 12.6 Å². The van der Waals surface area contributed by atoms with Gasteiger partial charge in [-0.25, -0.2) is 0 Å². The summed E-state index contributed by atoms with van der Waals surface area (Å²) in [7, 11) is 1.63. The van der Waals surface area contributed by atoms with E-state index in [0.29, 0.717) is 18.7 Å². The maximum Gasteiger partial charge on any atom is 0.261 e. The summed E-state index contributed by atoms with van der Waals surface area (Å²) in [5, 5.41) is 3.22. The Bertz CT molecular complexity index is 991. The number of methoxy groups -OCH3 is 1. The average Bonchev–Trinajstić information content (AvgIpc) is 2.87. The molecular formula is C30H42N2O4. The molecule has 0 saturated heterocycles. The Morgan fingerprint density at radius 3 is 2.31 bits per heavy atom. The number of carbonyl (C=O) groups is 2. The van der Waals surface area contributed by atoms with Gasteiger partial charge in [0.15, 0.2) is 6.61 Å². The molecule has 1 fully saturated rings. The second kappa shape index (κ2) is 12.8. The van der Waals surface area contributed by atoms with Crippen molar-refractivity contribution in [2.24, 2.45) is 0 Å². The number of hydrogen-bond donors (Lipinski definition) is 1. The molecule has 196 valence electrons. The number of nitrogens with one attached hydrogen (secondary N) is 1. The Balaban J connectivity index is 1.80. The zero-order valence-corrected chi connectivity index (χ0v) is 22.5. The van der Waals surface area contributed by atoms with Crippen LogP contribution >= 0.6 is 0 Å². The number of hydrogen-bond acceptors (Lipinski definition) is 4. The van der Waals surface area contributed by atoms with E-state index >= 15 is 0 Å². The molecule has 2 aromatic carbocycles. The molecule has 1 saturated carbocycles. The fourth-order valence-electron chi connectivity index (χ4n) is 4.83. The lowest BCUT2D eigenvalue weighted by molar-refractivity contribution is -0.143. The number of amides is 2.